The van der Waals surface area contributed by atoms with Gasteiger partial charge in [-0.2, -0.15) is 0 Å². The van der Waals surface area contributed by atoms with E-state index in [-0.39, 0.29) is 18.0 Å². The Morgan fingerprint density at radius 3 is 2.67 bits per heavy atom. The van der Waals surface area contributed by atoms with Gasteiger partial charge in [-0.15, -0.1) is 6.58 Å². The van der Waals surface area contributed by atoms with E-state index in [2.05, 4.69) is 12.1 Å². The lowest BCUT2D eigenvalue weighted by molar-refractivity contribution is 0.228. The van der Waals surface area contributed by atoms with Gasteiger partial charge in [-0.25, -0.2) is 0 Å². The van der Waals surface area contributed by atoms with Crippen molar-refractivity contribution in [1.82, 2.24) is 0 Å². The molecule has 0 spiro atoms. The van der Waals surface area contributed by atoms with Crippen LogP contribution in [0.3, 0.4) is 0 Å². The highest BCUT2D eigenvalue weighted by molar-refractivity contribution is 5.70. The van der Waals surface area contributed by atoms with Crippen molar-refractivity contribution >= 4 is 11.4 Å². The van der Waals surface area contributed by atoms with Gasteiger partial charge in [-0.3, -0.25) is 19.9 Å². The summed E-state index contributed by atoms with van der Waals surface area (Å²) in [6.45, 7) is 3.62. The second-order valence-electron chi connectivity index (χ2n) is 2.15. The summed E-state index contributed by atoms with van der Waals surface area (Å²) in [6.07, 6.45) is 1.49. The summed E-state index contributed by atoms with van der Waals surface area (Å²) in [5.41, 5.74) is 6.08. The lowest BCUT2D eigenvalue weighted by Crippen LogP contribution is -2.37. The summed E-state index contributed by atoms with van der Waals surface area (Å²) in [4.78, 5) is 26.0. The number of anilines is 2. The van der Waals surface area contributed by atoms with Gasteiger partial charge < -0.3 is 5.73 Å². The second-order valence-corrected chi connectivity index (χ2v) is 2.15. The summed E-state index contributed by atoms with van der Waals surface area (Å²) in [6, 6.07) is 0. The van der Waals surface area contributed by atoms with Crippen LogP contribution in [0.15, 0.2) is 22.2 Å². The molecule has 0 unspecified atom stereocenters. The molecule has 0 amide bonds. The minimum Gasteiger partial charge on any atom is -0.394 e. The summed E-state index contributed by atoms with van der Waals surface area (Å²) in [5, 5.41) is 0. The van der Waals surface area contributed by atoms with Crippen LogP contribution in [0.2, 0.25) is 0 Å². The zero-order valence-electron chi connectivity index (χ0n) is 6.29. The fourth-order valence-electron chi connectivity index (χ4n) is 0.683. The molecule has 0 saturated heterocycles. The first-order valence-electron chi connectivity index (χ1n) is 3.26. The Hall–Kier alpha value is -1.62. The van der Waals surface area contributed by atoms with Gasteiger partial charge in [0.1, 0.15) is 11.4 Å². The Morgan fingerprint density at radius 1 is 1.50 bits per heavy atom. The Balaban J connectivity index is 2.60. The maximum absolute atomic E-state index is 10.7. The summed E-state index contributed by atoms with van der Waals surface area (Å²) in [7, 11) is 0. The van der Waals surface area contributed by atoms with E-state index >= 15 is 0 Å². The third-order valence-electron chi connectivity index (χ3n) is 1.32. The highest BCUT2D eigenvalue weighted by Crippen LogP contribution is 2.08. The number of nitrogen functional groups attached to an aromatic ring is 1. The molecule has 1 rings (SSSR count). The third kappa shape index (κ3) is 1.22. The van der Waals surface area contributed by atoms with Gasteiger partial charge in [0.2, 0.25) is 0 Å². The molecule has 1 aromatic rings. The van der Waals surface area contributed by atoms with E-state index in [0.29, 0.717) is 0 Å². The smallest absolute Gasteiger partial charge is 0.255 e. The average molecular weight is 168 g/mol. The van der Waals surface area contributed by atoms with Crippen molar-refractivity contribution < 1.29 is 4.84 Å². The Kier molecular flexibility index (Phi) is 2.25. The summed E-state index contributed by atoms with van der Waals surface area (Å²) in [5.74, 6) is 0. The van der Waals surface area contributed by atoms with Crippen LogP contribution in [0.25, 0.3) is 0 Å². The van der Waals surface area contributed by atoms with Gasteiger partial charge in [0.25, 0.3) is 10.9 Å². The second kappa shape index (κ2) is 3.19. The van der Waals surface area contributed by atoms with Crippen LogP contribution < -0.4 is 22.1 Å². The van der Waals surface area contributed by atoms with Gasteiger partial charge in [0.15, 0.2) is 0 Å². The molecule has 0 radical (unpaired) electrons. The Morgan fingerprint density at radius 2 is 2.17 bits per heavy atom. The van der Waals surface area contributed by atoms with Crippen molar-refractivity contribution in [3.05, 3.63) is 33.1 Å². The lowest BCUT2D eigenvalue weighted by atomic mass is 10.2. The monoisotopic (exact) mass is 168 g/mol. The molecule has 0 atom stereocenters. The standard InChI is InChI=1S/C7H8N2O3/c1-2-3-12-9-5-4(8)6(10)7(5)11/h2,9H,1,3,8H2. The molecule has 64 valence electrons. The zero-order valence-corrected chi connectivity index (χ0v) is 6.29. The fourth-order valence-corrected chi connectivity index (χ4v) is 0.683. The largest absolute Gasteiger partial charge is 0.394 e. The van der Waals surface area contributed by atoms with Gasteiger partial charge in [-0.1, -0.05) is 6.08 Å². The number of hydrogen-bond donors (Lipinski definition) is 2. The van der Waals surface area contributed by atoms with Crippen LogP contribution in [0, 0.1) is 0 Å². The molecule has 0 fully saturated rings. The highest BCUT2D eigenvalue weighted by Gasteiger charge is 2.17. The molecule has 0 bridgehead atoms. The van der Waals surface area contributed by atoms with Gasteiger partial charge in [0, 0.05) is 0 Å². The van der Waals surface area contributed by atoms with E-state index < -0.39 is 10.9 Å². The quantitative estimate of drug-likeness (QED) is 0.271. The zero-order chi connectivity index (χ0) is 9.14. The van der Waals surface area contributed by atoms with E-state index in [1.165, 1.54) is 6.08 Å². The molecule has 0 aliphatic rings. The van der Waals surface area contributed by atoms with Crippen LogP contribution in [-0.2, 0) is 4.84 Å². The predicted molar refractivity (Wildman–Crippen MR) is 45.5 cm³/mol. The fraction of sp³-hybridized carbons (Fsp3) is 0.143. The summed E-state index contributed by atoms with van der Waals surface area (Å²) < 4.78 is 0. The molecule has 12 heavy (non-hydrogen) atoms. The van der Waals surface area contributed by atoms with E-state index in [9.17, 15) is 9.59 Å². The molecular formula is C7H8N2O3. The Bertz CT molecular complexity index is 363. The third-order valence-corrected chi connectivity index (χ3v) is 1.32. The van der Waals surface area contributed by atoms with Crippen LogP contribution in [-0.4, -0.2) is 6.61 Å². The number of rotatable bonds is 4. The minimum absolute atomic E-state index is 0.0295. The van der Waals surface area contributed by atoms with Gasteiger partial charge >= 0.3 is 0 Å². The molecule has 0 saturated carbocycles. The molecule has 5 heteroatoms. The van der Waals surface area contributed by atoms with Crippen molar-refractivity contribution in [1.29, 1.82) is 0 Å². The normalized spacial score (nSPS) is 10.0. The van der Waals surface area contributed by atoms with E-state index in [1.54, 1.807) is 0 Å². The molecule has 0 heterocycles. The molecule has 5 nitrogen and oxygen atoms in total. The van der Waals surface area contributed by atoms with Crippen molar-refractivity contribution in [2.75, 3.05) is 17.8 Å². The predicted octanol–water partition coefficient (Wildman–Crippen LogP) is -0.606. The molecule has 3 N–H and O–H groups in total. The van der Waals surface area contributed by atoms with Gasteiger partial charge in [-0.05, 0) is 0 Å². The van der Waals surface area contributed by atoms with E-state index in [1.807, 2.05) is 0 Å². The highest BCUT2D eigenvalue weighted by atomic mass is 16.6. The topological polar surface area (TPSA) is 81.4 Å². The number of hydrogen-bond acceptors (Lipinski definition) is 5. The first-order chi connectivity index (χ1) is 5.68. The van der Waals surface area contributed by atoms with Crippen molar-refractivity contribution in [2.24, 2.45) is 0 Å². The minimum atomic E-state index is -0.667. The molecule has 0 aliphatic carbocycles. The average Bonchev–Trinajstić information content (AvgIpc) is 2.11. The Labute approximate surface area is 68.1 Å². The van der Waals surface area contributed by atoms with Crippen LogP contribution in [0.1, 0.15) is 0 Å². The van der Waals surface area contributed by atoms with Crippen LogP contribution in [0.5, 0.6) is 0 Å². The van der Waals surface area contributed by atoms with Crippen LogP contribution in [0.4, 0.5) is 11.4 Å². The van der Waals surface area contributed by atoms with Crippen molar-refractivity contribution in [3.8, 4) is 0 Å². The number of nitrogens with one attached hydrogen (secondary N) is 1. The van der Waals surface area contributed by atoms with Crippen molar-refractivity contribution in [2.45, 2.75) is 0 Å². The molecule has 0 aromatic heterocycles. The lowest BCUT2D eigenvalue weighted by Gasteiger charge is -2.07. The molecule has 1 aromatic carbocycles. The summed E-state index contributed by atoms with van der Waals surface area (Å²) >= 11 is 0. The number of nitrogens with two attached hydrogens (primary N) is 1. The van der Waals surface area contributed by atoms with Crippen molar-refractivity contribution in [3.63, 3.8) is 0 Å². The van der Waals surface area contributed by atoms with E-state index in [0.717, 1.165) is 0 Å². The van der Waals surface area contributed by atoms with Crippen LogP contribution >= 0.6 is 0 Å². The maximum Gasteiger partial charge on any atom is 0.255 e. The SMILES string of the molecule is C=CCONc1c(N)c(=O)c1=O. The van der Waals surface area contributed by atoms with E-state index in [4.69, 9.17) is 10.6 Å². The first-order valence-corrected chi connectivity index (χ1v) is 3.26. The first kappa shape index (κ1) is 8.48. The molecule has 0 aliphatic heterocycles. The van der Waals surface area contributed by atoms with Gasteiger partial charge in [0.05, 0.1) is 6.61 Å². The molecular weight excluding hydrogens is 160 g/mol. The maximum atomic E-state index is 10.7.